The molecule has 1 aliphatic rings. The van der Waals surface area contributed by atoms with Gasteiger partial charge in [0.05, 0.1) is 6.61 Å². The number of rotatable bonds is 3. The van der Waals surface area contributed by atoms with E-state index in [9.17, 15) is 8.78 Å². The fraction of sp³-hybridized carbons (Fsp3) is 0.571. The number of nitrogens with two attached hydrogens (primary N) is 1. The van der Waals surface area contributed by atoms with Crippen LogP contribution in [0.3, 0.4) is 0 Å². The Hall–Kier alpha value is -1.16. The summed E-state index contributed by atoms with van der Waals surface area (Å²) < 4.78 is 34.2. The van der Waals surface area contributed by atoms with Crippen LogP contribution in [0.5, 0.6) is 5.75 Å². The Labute approximate surface area is 106 Å². The molecule has 1 heterocycles. The minimum absolute atomic E-state index is 0.0298. The monoisotopic (exact) mass is 255 g/mol. The predicted octanol–water partition coefficient (Wildman–Crippen LogP) is 3.09. The normalized spacial score (nSPS) is 16.1. The van der Waals surface area contributed by atoms with E-state index in [4.69, 9.17) is 10.5 Å². The van der Waals surface area contributed by atoms with Crippen molar-refractivity contribution in [3.63, 3.8) is 0 Å². The first-order valence-corrected chi connectivity index (χ1v) is 6.22. The molecule has 0 bridgehead atoms. The summed E-state index contributed by atoms with van der Waals surface area (Å²) in [5.41, 5.74) is 5.11. The summed E-state index contributed by atoms with van der Waals surface area (Å²) in [5.74, 6) is -2.21. The zero-order chi connectivity index (χ0) is 13.4. The van der Waals surface area contributed by atoms with Crippen molar-refractivity contribution in [1.82, 2.24) is 0 Å². The molecule has 0 fully saturated rings. The average molecular weight is 255 g/mol. The first-order valence-electron chi connectivity index (χ1n) is 6.22. The Morgan fingerprint density at radius 1 is 1.33 bits per heavy atom. The molecule has 0 radical (unpaired) electrons. The van der Waals surface area contributed by atoms with E-state index in [1.54, 1.807) is 12.1 Å². The molecular weight excluding hydrogens is 236 g/mol. The highest BCUT2D eigenvalue weighted by molar-refractivity contribution is 5.40. The molecular formula is C14H19F2NO. The van der Waals surface area contributed by atoms with E-state index in [1.165, 1.54) is 19.9 Å². The Morgan fingerprint density at radius 2 is 2.06 bits per heavy atom. The van der Waals surface area contributed by atoms with Crippen molar-refractivity contribution in [3.05, 3.63) is 29.3 Å². The lowest BCUT2D eigenvalue weighted by Gasteiger charge is -2.33. The van der Waals surface area contributed by atoms with Crippen LogP contribution < -0.4 is 10.5 Å². The molecule has 2 rings (SSSR count). The van der Waals surface area contributed by atoms with Gasteiger partial charge in [-0.2, -0.15) is 0 Å². The standard InChI is InChI=1S/C14H19F2NO/c1-13(2,9-17)14(15,16)11-5-6-12-10(8-11)4-3-7-18-12/h5-6,8H,3-4,7,9,17H2,1-2H3. The van der Waals surface area contributed by atoms with E-state index in [0.717, 1.165) is 24.2 Å². The zero-order valence-corrected chi connectivity index (χ0v) is 10.8. The average Bonchev–Trinajstić information content (AvgIpc) is 2.37. The second-order valence-electron chi connectivity index (χ2n) is 5.44. The molecule has 100 valence electrons. The molecule has 0 unspecified atom stereocenters. The minimum atomic E-state index is -2.94. The summed E-state index contributed by atoms with van der Waals surface area (Å²) in [5, 5.41) is 0. The van der Waals surface area contributed by atoms with Gasteiger partial charge in [0.15, 0.2) is 0 Å². The van der Waals surface area contributed by atoms with Gasteiger partial charge in [0.25, 0.3) is 5.92 Å². The summed E-state index contributed by atoms with van der Waals surface area (Å²) in [4.78, 5) is 0. The molecule has 2 N–H and O–H groups in total. The molecule has 0 spiro atoms. The van der Waals surface area contributed by atoms with Gasteiger partial charge in [-0.3, -0.25) is 0 Å². The number of hydrogen-bond acceptors (Lipinski definition) is 2. The SMILES string of the molecule is CC(C)(CN)C(F)(F)c1ccc2c(c1)CCCO2. The summed E-state index contributed by atoms with van der Waals surface area (Å²) >= 11 is 0. The van der Waals surface area contributed by atoms with Gasteiger partial charge in [-0.05, 0) is 36.6 Å². The molecule has 1 aromatic rings. The second-order valence-corrected chi connectivity index (χ2v) is 5.44. The third-order valence-electron chi connectivity index (χ3n) is 3.63. The molecule has 1 aromatic carbocycles. The minimum Gasteiger partial charge on any atom is -0.493 e. The van der Waals surface area contributed by atoms with E-state index in [0.29, 0.717) is 6.61 Å². The quantitative estimate of drug-likeness (QED) is 0.900. The van der Waals surface area contributed by atoms with Gasteiger partial charge >= 0.3 is 0 Å². The topological polar surface area (TPSA) is 35.2 Å². The van der Waals surface area contributed by atoms with Gasteiger partial charge in [0.1, 0.15) is 5.75 Å². The lowest BCUT2D eigenvalue weighted by molar-refractivity contribution is -0.108. The summed E-state index contributed by atoms with van der Waals surface area (Å²) in [6.07, 6.45) is 1.67. The molecule has 1 aliphatic heterocycles. The number of aryl methyl sites for hydroxylation is 1. The Balaban J connectivity index is 2.39. The van der Waals surface area contributed by atoms with Crippen LogP contribution in [0.25, 0.3) is 0 Å². The van der Waals surface area contributed by atoms with Crippen LogP contribution in [0.1, 0.15) is 31.4 Å². The smallest absolute Gasteiger partial charge is 0.279 e. The Kier molecular flexibility index (Phi) is 3.32. The molecule has 2 nitrogen and oxygen atoms in total. The van der Waals surface area contributed by atoms with Crippen LogP contribution in [-0.2, 0) is 12.3 Å². The second kappa shape index (κ2) is 4.50. The first-order chi connectivity index (χ1) is 8.38. The molecule has 0 aliphatic carbocycles. The van der Waals surface area contributed by atoms with E-state index < -0.39 is 11.3 Å². The maximum Gasteiger partial charge on any atom is 0.279 e. The van der Waals surface area contributed by atoms with Crippen LogP contribution in [0.2, 0.25) is 0 Å². The third-order valence-corrected chi connectivity index (χ3v) is 3.63. The lowest BCUT2D eigenvalue weighted by Crippen LogP contribution is -2.40. The summed E-state index contributed by atoms with van der Waals surface area (Å²) in [6.45, 7) is 3.58. The van der Waals surface area contributed by atoms with Crippen molar-refractivity contribution in [2.24, 2.45) is 11.1 Å². The van der Waals surface area contributed by atoms with Crippen molar-refractivity contribution >= 4 is 0 Å². The molecule has 0 saturated carbocycles. The van der Waals surface area contributed by atoms with E-state index in [1.807, 2.05) is 0 Å². The zero-order valence-electron chi connectivity index (χ0n) is 10.8. The van der Waals surface area contributed by atoms with E-state index in [-0.39, 0.29) is 12.1 Å². The fourth-order valence-corrected chi connectivity index (χ4v) is 2.07. The lowest BCUT2D eigenvalue weighted by atomic mass is 9.81. The maximum absolute atomic E-state index is 14.4. The molecule has 0 saturated heterocycles. The fourth-order valence-electron chi connectivity index (χ4n) is 2.07. The third kappa shape index (κ3) is 2.09. The van der Waals surface area contributed by atoms with Crippen molar-refractivity contribution in [3.8, 4) is 5.75 Å². The van der Waals surface area contributed by atoms with Crippen LogP contribution >= 0.6 is 0 Å². The van der Waals surface area contributed by atoms with Crippen molar-refractivity contribution in [1.29, 1.82) is 0 Å². The number of benzene rings is 1. The van der Waals surface area contributed by atoms with Crippen molar-refractivity contribution in [2.45, 2.75) is 32.6 Å². The highest BCUT2D eigenvalue weighted by Gasteiger charge is 2.47. The van der Waals surface area contributed by atoms with Crippen LogP contribution in [0.4, 0.5) is 8.78 Å². The van der Waals surface area contributed by atoms with Crippen LogP contribution in [-0.4, -0.2) is 13.2 Å². The van der Waals surface area contributed by atoms with E-state index in [2.05, 4.69) is 0 Å². The molecule has 18 heavy (non-hydrogen) atoms. The predicted molar refractivity (Wildman–Crippen MR) is 67.0 cm³/mol. The van der Waals surface area contributed by atoms with Gasteiger partial charge in [0, 0.05) is 17.5 Å². The largest absolute Gasteiger partial charge is 0.493 e. The van der Waals surface area contributed by atoms with Crippen molar-refractivity contribution in [2.75, 3.05) is 13.2 Å². The van der Waals surface area contributed by atoms with Gasteiger partial charge in [-0.1, -0.05) is 13.8 Å². The maximum atomic E-state index is 14.4. The molecule has 0 atom stereocenters. The summed E-state index contributed by atoms with van der Waals surface area (Å²) in [6, 6.07) is 4.65. The van der Waals surface area contributed by atoms with Crippen LogP contribution in [0, 0.1) is 5.41 Å². The number of ether oxygens (including phenoxy) is 1. The molecule has 0 aromatic heterocycles. The highest BCUT2D eigenvalue weighted by atomic mass is 19.3. The van der Waals surface area contributed by atoms with Crippen molar-refractivity contribution < 1.29 is 13.5 Å². The number of alkyl halides is 2. The first kappa shape index (κ1) is 13.3. The number of fused-ring (bicyclic) bond motifs is 1. The van der Waals surface area contributed by atoms with Gasteiger partial charge in [-0.25, -0.2) is 8.78 Å². The number of halogens is 2. The number of hydrogen-bond donors (Lipinski definition) is 1. The van der Waals surface area contributed by atoms with Gasteiger partial charge in [-0.15, -0.1) is 0 Å². The van der Waals surface area contributed by atoms with Gasteiger partial charge < -0.3 is 10.5 Å². The van der Waals surface area contributed by atoms with Gasteiger partial charge in [0.2, 0.25) is 0 Å². The highest BCUT2D eigenvalue weighted by Crippen LogP contribution is 2.45. The van der Waals surface area contributed by atoms with Crippen LogP contribution in [0.15, 0.2) is 18.2 Å². The van der Waals surface area contributed by atoms with E-state index >= 15 is 0 Å². The Bertz CT molecular complexity index is 443. The summed E-state index contributed by atoms with van der Waals surface area (Å²) in [7, 11) is 0. The Morgan fingerprint density at radius 3 is 2.72 bits per heavy atom. The molecule has 4 heteroatoms. The molecule has 0 amide bonds.